The van der Waals surface area contributed by atoms with Crippen molar-refractivity contribution in [1.29, 1.82) is 0 Å². The quantitative estimate of drug-likeness (QED) is 0.527. The molecule has 8 heteroatoms. The van der Waals surface area contributed by atoms with Crippen molar-refractivity contribution < 1.29 is 27.1 Å². The fourth-order valence-corrected chi connectivity index (χ4v) is 1.28. The molecule has 18 heavy (non-hydrogen) atoms. The van der Waals surface area contributed by atoms with E-state index in [1.165, 1.54) is 0 Å². The summed E-state index contributed by atoms with van der Waals surface area (Å²) in [6.07, 6.45) is -0.590. The number of benzene rings is 1. The van der Waals surface area contributed by atoms with E-state index in [2.05, 4.69) is 4.74 Å². The van der Waals surface area contributed by atoms with Crippen molar-refractivity contribution in [3.8, 4) is 0 Å². The van der Waals surface area contributed by atoms with E-state index in [1.54, 1.807) is 0 Å². The maximum Gasteiger partial charge on any atom is 0.307 e. The van der Waals surface area contributed by atoms with E-state index >= 15 is 0 Å². The first-order valence-corrected chi connectivity index (χ1v) is 4.53. The smallest absolute Gasteiger partial charge is 0.307 e. The molecule has 1 aromatic rings. The highest BCUT2D eigenvalue weighted by atomic mass is 35.5. The van der Waals surface area contributed by atoms with E-state index in [4.69, 9.17) is 5.73 Å². The molecule has 3 nitrogen and oxygen atoms in total. The Bertz CT molecular complexity index is 430. The first-order chi connectivity index (χ1) is 7.88. The zero-order valence-electron chi connectivity index (χ0n) is 9.18. The maximum absolute atomic E-state index is 13.2. The van der Waals surface area contributed by atoms with E-state index < -0.39 is 47.3 Å². The summed E-state index contributed by atoms with van der Waals surface area (Å²) in [7, 11) is 1.05. The summed E-state index contributed by atoms with van der Waals surface area (Å²) in [5.74, 6) is -7.21. The largest absolute Gasteiger partial charge is 0.469 e. The average molecular weight is 288 g/mol. The minimum atomic E-state index is -1.61. The second-order valence-corrected chi connectivity index (χ2v) is 3.27. The van der Waals surface area contributed by atoms with Crippen molar-refractivity contribution in [2.45, 2.75) is 12.5 Å². The van der Waals surface area contributed by atoms with E-state index in [1.807, 2.05) is 0 Å². The molecule has 0 unspecified atom stereocenters. The van der Waals surface area contributed by atoms with Gasteiger partial charge >= 0.3 is 5.97 Å². The molecule has 2 N–H and O–H groups in total. The van der Waals surface area contributed by atoms with Crippen LogP contribution in [0.5, 0.6) is 0 Å². The molecule has 0 fully saturated rings. The third-order valence-electron chi connectivity index (χ3n) is 2.13. The molecular weight excluding hydrogens is 278 g/mol. The Morgan fingerprint density at radius 3 is 2.11 bits per heavy atom. The van der Waals surface area contributed by atoms with Gasteiger partial charge in [0.25, 0.3) is 0 Å². The van der Waals surface area contributed by atoms with E-state index in [0.29, 0.717) is 0 Å². The van der Waals surface area contributed by atoms with Crippen molar-refractivity contribution >= 4 is 18.4 Å². The summed E-state index contributed by atoms with van der Waals surface area (Å²) in [6, 6.07) is -1.45. The molecule has 0 aliphatic rings. The molecule has 0 bridgehead atoms. The molecule has 1 atom stereocenters. The van der Waals surface area contributed by atoms with Crippen molar-refractivity contribution in [3.05, 3.63) is 34.9 Å². The van der Waals surface area contributed by atoms with Crippen LogP contribution in [0, 0.1) is 23.3 Å². The monoisotopic (exact) mass is 287 g/mol. The summed E-state index contributed by atoms with van der Waals surface area (Å²) in [4.78, 5) is 10.9. The van der Waals surface area contributed by atoms with Crippen LogP contribution in [0.3, 0.4) is 0 Å². The van der Waals surface area contributed by atoms with Crippen LogP contribution in [-0.2, 0) is 9.53 Å². The number of rotatable bonds is 3. The summed E-state index contributed by atoms with van der Waals surface area (Å²) in [6.45, 7) is 0. The van der Waals surface area contributed by atoms with Gasteiger partial charge in [0.1, 0.15) is 0 Å². The third kappa shape index (κ3) is 3.33. The molecule has 0 aliphatic heterocycles. The van der Waals surface area contributed by atoms with Crippen LogP contribution in [0.1, 0.15) is 18.0 Å². The fourth-order valence-electron chi connectivity index (χ4n) is 1.28. The Morgan fingerprint density at radius 1 is 1.28 bits per heavy atom. The molecular formula is C10H10ClF4NO2. The summed E-state index contributed by atoms with van der Waals surface area (Å²) in [5.41, 5.74) is 4.29. The first kappa shape index (κ1) is 16.7. The van der Waals surface area contributed by atoms with Gasteiger partial charge in [-0.15, -0.1) is 12.4 Å². The van der Waals surface area contributed by atoms with Crippen molar-refractivity contribution in [2.24, 2.45) is 5.73 Å². The van der Waals surface area contributed by atoms with Crippen LogP contribution in [0.25, 0.3) is 0 Å². The highest BCUT2D eigenvalue weighted by molar-refractivity contribution is 5.85. The van der Waals surface area contributed by atoms with Gasteiger partial charge in [-0.3, -0.25) is 4.79 Å². The van der Waals surface area contributed by atoms with E-state index in [-0.39, 0.29) is 18.5 Å². The Labute approximate surface area is 106 Å². The Kier molecular flexibility index (Phi) is 6.07. The maximum atomic E-state index is 13.2. The normalized spacial score (nSPS) is 11.7. The second-order valence-electron chi connectivity index (χ2n) is 3.27. The number of carbonyl (C=O) groups is 1. The SMILES string of the molecule is COC(=O)C[C@@H](N)c1c(F)c(F)cc(F)c1F.Cl. The molecule has 0 amide bonds. The number of nitrogens with two attached hydrogens (primary N) is 1. The highest BCUT2D eigenvalue weighted by Gasteiger charge is 2.25. The second kappa shape index (κ2) is 6.55. The first-order valence-electron chi connectivity index (χ1n) is 4.53. The van der Waals surface area contributed by atoms with Gasteiger partial charge in [0, 0.05) is 17.7 Å². The molecule has 1 aromatic carbocycles. The summed E-state index contributed by atoms with van der Waals surface area (Å²) >= 11 is 0. The van der Waals surface area contributed by atoms with Gasteiger partial charge in [0.05, 0.1) is 13.5 Å². The molecule has 0 aliphatic carbocycles. The van der Waals surface area contributed by atoms with Crippen LogP contribution in [0.2, 0.25) is 0 Å². The van der Waals surface area contributed by atoms with Gasteiger partial charge in [-0.2, -0.15) is 0 Å². The molecule has 0 saturated carbocycles. The minimum Gasteiger partial charge on any atom is -0.469 e. The van der Waals surface area contributed by atoms with Gasteiger partial charge < -0.3 is 10.5 Å². The predicted molar refractivity (Wildman–Crippen MR) is 57.1 cm³/mol. The number of hydrogen-bond acceptors (Lipinski definition) is 3. The zero-order chi connectivity index (χ0) is 13.2. The average Bonchev–Trinajstić information content (AvgIpc) is 2.26. The van der Waals surface area contributed by atoms with Crippen molar-refractivity contribution in [2.75, 3.05) is 7.11 Å². The van der Waals surface area contributed by atoms with Gasteiger partial charge in [0.15, 0.2) is 23.3 Å². The van der Waals surface area contributed by atoms with E-state index in [9.17, 15) is 22.4 Å². The lowest BCUT2D eigenvalue weighted by atomic mass is 10.0. The van der Waals surface area contributed by atoms with Crippen LogP contribution in [-0.4, -0.2) is 13.1 Å². The Hall–Kier alpha value is -1.34. The van der Waals surface area contributed by atoms with Gasteiger partial charge in [0.2, 0.25) is 0 Å². The fraction of sp³-hybridized carbons (Fsp3) is 0.300. The zero-order valence-corrected chi connectivity index (χ0v) is 9.99. The lowest BCUT2D eigenvalue weighted by molar-refractivity contribution is -0.141. The van der Waals surface area contributed by atoms with Crippen LogP contribution in [0.4, 0.5) is 17.6 Å². The molecule has 1 rings (SSSR count). The molecule has 0 radical (unpaired) electrons. The van der Waals surface area contributed by atoms with Crippen molar-refractivity contribution in [3.63, 3.8) is 0 Å². The highest BCUT2D eigenvalue weighted by Crippen LogP contribution is 2.25. The van der Waals surface area contributed by atoms with Gasteiger partial charge in [-0.05, 0) is 0 Å². The number of methoxy groups -OCH3 is 1. The molecule has 102 valence electrons. The third-order valence-corrected chi connectivity index (χ3v) is 2.13. The van der Waals surface area contributed by atoms with Crippen LogP contribution >= 0.6 is 12.4 Å². The number of carbonyl (C=O) groups excluding carboxylic acids is 1. The minimum absolute atomic E-state index is 0. The lowest BCUT2D eigenvalue weighted by Crippen LogP contribution is -2.20. The van der Waals surface area contributed by atoms with Crippen LogP contribution in [0.15, 0.2) is 6.07 Å². The molecule has 0 saturated heterocycles. The lowest BCUT2D eigenvalue weighted by Gasteiger charge is -2.13. The standard InChI is InChI=1S/C10H9F4NO2.ClH/c1-17-7(16)3-6(15)8-9(13)4(11)2-5(12)10(8)14;/h2,6H,3,15H2,1H3;1H/t6-;/m1./s1. The number of halogens is 5. The number of esters is 1. The Balaban J connectivity index is 0.00000289. The molecule has 0 heterocycles. The number of ether oxygens (including phenoxy) is 1. The Morgan fingerprint density at radius 2 is 1.72 bits per heavy atom. The predicted octanol–water partition coefficient (Wildman–Crippen LogP) is 2.23. The van der Waals surface area contributed by atoms with E-state index in [0.717, 1.165) is 7.11 Å². The number of hydrogen-bond donors (Lipinski definition) is 1. The summed E-state index contributed by atoms with van der Waals surface area (Å²) < 4.78 is 56.4. The topological polar surface area (TPSA) is 52.3 Å². The molecule has 0 aromatic heterocycles. The van der Waals surface area contributed by atoms with Crippen molar-refractivity contribution in [1.82, 2.24) is 0 Å². The summed E-state index contributed by atoms with van der Waals surface area (Å²) in [5, 5.41) is 0. The van der Waals surface area contributed by atoms with Gasteiger partial charge in [-0.25, -0.2) is 17.6 Å². The van der Waals surface area contributed by atoms with Crippen LogP contribution < -0.4 is 5.73 Å². The molecule has 0 spiro atoms. The van der Waals surface area contributed by atoms with Gasteiger partial charge in [-0.1, -0.05) is 0 Å².